The van der Waals surface area contributed by atoms with Gasteiger partial charge in [-0.1, -0.05) is 13.8 Å². The highest BCUT2D eigenvalue weighted by molar-refractivity contribution is 4.72. The van der Waals surface area contributed by atoms with E-state index in [4.69, 9.17) is 5.11 Å². The van der Waals surface area contributed by atoms with Crippen molar-refractivity contribution in [2.24, 2.45) is 5.41 Å². The van der Waals surface area contributed by atoms with Gasteiger partial charge in [-0.25, -0.2) is 0 Å². The van der Waals surface area contributed by atoms with Gasteiger partial charge in [-0.3, -0.25) is 4.90 Å². The normalized spacial score (nSPS) is 13.1. The lowest BCUT2D eigenvalue weighted by Crippen LogP contribution is -2.43. The van der Waals surface area contributed by atoms with E-state index in [0.29, 0.717) is 12.1 Å². The predicted molar refractivity (Wildman–Crippen MR) is 70.7 cm³/mol. The molecule has 0 aliphatic heterocycles. The Morgan fingerprint density at radius 1 is 1.12 bits per heavy atom. The maximum Gasteiger partial charge on any atom is 0.0494 e. The minimum atomic E-state index is -0.0134. The number of rotatable bonds is 8. The summed E-state index contributed by atoms with van der Waals surface area (Å²) in [6.07, 6.45) is 0. The van der Waals surface area contributed by atoms with Gasteiger partial charge in [0.05, 0.1) is 0 Å². The van der Waals surface area contributed by atoms with Crippen LogP contribution in [0.5, 0.6) is 0 Å². The summed E-state index contributed by atoms with van der Waals surface area (Å²) in [5.41, 5.74) is -0.0134. The fourth-order valence-electron chi connectivity index (χ4n) is 1.80. The number of nitrogens with zero attached hydrogens (tertiary/aromatic N) is 1. The molecule has 0 aliphatic carbocycles. The molecule has 2 N–H and O–H groups in total. The minimum absolute atomic E-state index is 0.0134. The average molecular weight is 230 g/mol. The molecule has 16 heavy (non-hydrogen) atoms. The second-order valence-corrected chi connectivity index (χ2v) is 5.92. The van der Waals surface area contributed by atoms with Crippen molar-refractivity contribution in [1.82, 2.24) is 10.2 Å². The van der Waals surface area contributed by atoms with Crippen molar-refractivity contribution in [1.29, 1.82) is 0 Å². The molecule has 0 spiro atoms. The van der Waals surface area contributed by atoms with Gasteiger partial charge in [-0.15, -0.1) is 0 Å². The van der Waals surface area contributed by atoms with Crippen molar-refractivity contribution in [2.75, 3.05) is 26.2 Å². The molecule has 3 nitrogen and oxygen atoms in total. The van der Waals surface area contributed by atoms with Crippen LogP contribution >= 0.6 is 0 Å². The second kappa shape index (κ2) is 7.25. The van der Waals surface area contributed by atoms with Gasteiger partial charge in [-0.2, -0.15) is 0 Å². The molecule has 0 aromatic rings. The Kier molecular flexibility index (Phi) is 7.20. The quantitative estimate of drug-likeness (QED) is 0.623. The molecular formula is C13H30N2O. The van der Waals surface area contributed by atoms with E-state index in [-0.39, 0.29) is 12.0 Å². The molecule has 0 heterocycles. The molecule has 3 heteroatoms. The average Bonchev–Trinajstić information content (AvgIpc) is 2.16. The van der Waals surface area contributed by atoms with Crippen molar-refractivity contribution < 1.29 is 5.11 Å². The minimum Gasteiger partial charge on any atom is -0.396 e. The van der Waals surface area contributed by atoms with Crippen LogP contribution in [0.3, 0.4) is 0 Å². The monoisotopic (exact) mass is 230 g/mol. The van der Waals surface area contributed by atoms with Gasteiger partial charge in [0.15, 0.2) is 0 Å². The third kappa shape index (κ3) is 6.46. The second-order valence-electron chi connectivity index (χ2n) is 5.92. The smallest absolute Gasteiger partial charge is 0.0494 e. The lowest BCUT2D eigenvalue weighted by atomic mass is 9.95. The highest BCUT2D eigenvalue weighted by atomic mass is 16.3. The molecule has 0 aromatic heterocycles. The van der Waals surface area contributed by atoms with Crippen LogP contribution in [-0.4, -0.2) is 48.3 Å². The van der Waals surface area contributed by atoms with E-state index in [0.717, 1.165) is 19.6 Å². The zero-order valence-electron chi connectivity index (χ0n) is 11.9. The highest BCUT2D eigenvalue weighted by Crippen LogP contribution is 2.11. The number of hydrogen-bond acceptors (Lipinski definition) is 3. The van der Waals surface area contributed by atoms with Crippen LogP contribution in [0.25, 0.3) is 0 Å². The number of nitrogens with one attached hydrogen (secondary N) is 1. The molecule has 0 atom stereocenters. The summed E-state index contributed by atoms with van der Waals surface area (Å²) >= 11 is 0. The molecule has 0 unspecified atom stereocenters. The van der Waals surface area contributed by atoms with Crippen molar-refractivity contribution in [3.63, 3.8) is 0 Å². The molecule has 0 aliphatic rings. The van der Waals surface area contributed by atoms with Crippen LogP contribution in [0.4, 0.5) is 0 Å². The molecule has 0 rings (SSSR count). The summed E-state index contributed by atoms with van der Waals surface area (Å²) in [6, 6.07) is 1.18. The number of aliphatic hydroxyl groups excluding tert-OH is 1. The summed E-state index contributed by atoms with van der Waals surface area (Å²) < 4.78 is 0. The van der Waals surface area contributed by atoms with Crippen LogP contribution < -0.4 is 5.32 Å². The highest BCUT2D eigenvalue weighted by Gasteiger charge is 2.16. The lowest BCUT2D eigenvalue weighted by molar-refractivity contribution is 0.147. The summed E-state index contributed by atoms with van der Waals surface area (Å²) in [5, 5.41) is 12.5. The van der Waals surface area contributed by atoms with E-state index >= 15 is 0 Å². The van der Waals surface area contributed by atoms with Crippen molar-refractivity contribution in [2.45, 2.75) is 53.6 Å². The van der Waals surface area contributed by atoms with E-state index < -0.39 is 0 Å². The van der Waals surface area contributed by atoms with Crippen LogP contribution in [0.1, 0.15) is 41.5 Å². The number of aliphatic hydroxyl groups is 1. The first-order valence-corrected chi connectivity index (χ1v) is 6.37. The Hall–Kier alpha value is -0.120. The van der Waals surface area contributed by atoms with E-state index in [1.54, 1.807) is 0 Å². The summed E-state index contributed by atoms with van der Waals surface area (Å²) in [5.74, 6) is 0. The standard InChI is InChI=1S/C13H30N2O/c1-11(2)15(12(3)4)8-7-14-9-13(5,6)10-16/h11-12,14,16H,7-10H2,1-6H3. The molecule has 0 saturated heterocycles. The van der Waals surface area contributed by atoms with Gasteiger partial charge in [0.25, 0.3) is 0 Å². The van der Waals surface area contributed by atoms with Crippen LogP contribution in [0.2, 0.25) is 0 Å². The first kappa shape index (κ1) is 15.9. The van der Waals surface area contributed by atoms with E-state index in [1.807, 2.05) is 0 Å². The summed E-state index contributed by atoms with van der Waals surface area (Å²) in [4.78, 5) is 2.47. The Morgan fingerprint density at radius 3 is 2.00 bits per heavy atom. The van der Waals surface area contributed by atoms with Crippen molar-refractivity contribution in [3.05, 3.63) is 0 Å². The van der Waals surface area contributed by atoms with Gasteiger partial charge in [0, 0.05) is 43.7 Å². The fraction of sp³-hybridized carbons (Fsp3) is 1.00. The van der Waals surface area contributed by atoms with Crippen LogP contribution in [-0.2, 0) is 0 Å². The Balaban J connectivity index is 3.79. The van der Waals surface area contributed by atoms with Gasteiger partial charge < -0.3 is 10.4 Å². The molecule has 0 fully saturated rings. The Labute approximate surface area is 101 Å². The Bertz CT molecular complexity index is 171. The van der Waals surface area contributed by atoms with E-state index in [9.17, 15) is 0 Å². The maximum absolute atomic E-state index is 9.13. The lowest BCUT2D eigenvalue weighted by Gasteiger charge is -2.31. The predicted octanol–water partition coefficient (Wildman–Crippen LogP) is 1.71. The zero-order valence-corrected chi connectivity index (χ0v) is 11.9. The Morgan fingerprint density at radius 2 is 1.62 bits per heavy atom. The van der Waals surface area contributed by atoms with Crippen LogP contribution in [0.15, 0.2) is 0 Å². The molecule has 0 aromatic carbocycles. The molecule has 98 valence electrons. The molecule has 0 bridgehead atoms. The molecule has 0 saturated carbocycles. The van der Waals surface area contributed by atoms with Crippen molar-refractivity contribution >= 4 is 0 Å². The fourth-order valence-corrected chi connectivity index (χ4v) is 1.80. The van der Waals surface area contributed by atoms with Gasteiger partial charge in [-0.05, 0) is 27.7 Å². The maximum atomic E-state index is 9.13. The third-order valence-corrected chi connectivity index (χ3v) is 2.90. The van der Waals surface area contributed by atoms with E-state index in [1.165, 1.54) is 0 Å². The summed E-state index contributed by atoms with van der Waals surface area (Å²) in [7, 11) is 0. The SMILES string of the molecule is CC(C)N(CCNCC(C)(C)CO)C(C)C. The molecule has 0 amide bonds. The zero-order chi connectivity index (χ0) is 12.8. The van der Waals surface area contributed by atoms with Gasteiger partial charge in [0.1, 0.15) is 0 Å². The largest absolute Gasteiger partial charge is 0.396 e. The third-order valence-electron chi connectivity index (χ3n) is 2.90. The first-order valence-electron chi connectivity index (χ1n) is 6.37. The van der Waals surface area contributed by atoms with E-state index in [2.05, 4.69) is 51.8 Å². The molecular weight excluding hydrogens is 200 g/mol. The van der Waals surface area contributed by atoms with Gasteiger partial charge >= 0.3 is 0 Å². The van der Waals surface area contributed by atoms with Crippen LogP contribution in [0, 0.1) is 5.41 Å². The number of hydrogen-bond donors (Lipinski definition) is 2. The molecule has 0 radical (unpaired) electrons. The topological polar surface area (TPSA) is 35.5 Å². The summed E-state index contributed by atoms with van der Waals surface area (Å²) in [6.45, 7) is 16.2. The van der Waals surface area contributed by atoms with Gasteiger partial charge in [0.2, 0.25) is 0 Å². The van der Waals surface area contributed by atoms with Crippen molar-refractivity contribution in [3.8, 4) is 0 Å². The first-order chi connectivity index (χ1) is 7.30.